The fraction of sp³-hybridized carbons (Fsp3) is 0.400. The highest BCUT2D eigenvalue weighted by Crippen LogP contribution is 2.23. The Morgan fingerprint density at radius 1 is 1.14 bits per heavy atom. The van der Waals surface area contributed by atoms with E-state index in [-0.39, 0.29) is 11.4 Å². The minimum absolute atomic E-state index is 0.0169. The van der Waals surface area contributed by atoms with Crippen LogP contribution in [0.5, 0.6) is 0 Å². The summed E-state index contributed by atoms with van der Waals surface area (Å²) in [7, 11) is -4.04. The van der Waals surface area contributed by atoms with Gasteiger partial charge >= 0.3 is 6.03 Å². The van der Waals surface area contributed by atoms with Crippen LogP contribution in [-0.2, 0) is 16.6 Å². The monoisotopic (exact) mass is 421 g/mol. The topological polar surface area (TPSA) is 79.4 Å². The Labute approximate surface area is 171 Å². The van der Waals surface area contributed by atoms with Crippen molar-refractivity contribution in [3.05, 3.63) is 59.4 Å². The van der Waals surface area contributed by atoms with E-state index >= 15 is 0 Å². The highest BCUT2D eigenvalue weighted by atomic mass is 35.5. The van der Waals surface area contributed by atoms with E-state index in [1.807, 2.05) is 0 Å². The Kier molecular flexibility index (Phi) is 6.91. The minimum atomic E-state index is -4.04. The maximum absolute atomic E-state index is 13.1. The molecule has 6 nitrogen and oxygen atoms in total. The first-order valence-corrected chi connectivity index (χ1v) is 11.2. The zero-order valence-electron chi connectivity index (χ0n) is 15.6. The van der Waals surface area contributed by atoms with Crippen LogP contribution in [0.25, 0.3) is 0 Å². The van der Waals surface area contributed by atoms with Gasteiger partial charge in [0.2, 0.25) is 0 Å². The molecule has 1 N–H and O–H groups in total. The molecule has 150 valence electrons. The SMILES string of the molecule is O=C(NCC1CCCCC1)N(Cc1ccc(Cl)cc1)S(=O)(=O)c1cccnc1. The number of nitrogens with zero attached hydrogens (tertiary/aromatic N) is 2. The second-order valence-corrected chi connectivity index (χ2v) is 9.32. The number of aromatic nitrogens is 1. The first kappa shape index (κ1) is 20.6. The molecule has 2 amide bonds. The van der Waals surface area contributed by atoms with Crippen LogP contribution in [0.2, 0.25) is 5.02 Å². The second kappa shape index (κ2) is 9.39. The average Bonchev–Trinajstić information content (AvgIpc) is 2.73. The van der Waals surface area contributed by atoms with Crippen molar-refractivity contribution in [3.63, 3.8) is 0 Å². The van der Waals surface area contributed by atoms with Crippen molar-refractivity contribution in [2.24, 2.45) is 5.92 Å². The number of pyridine rings is 1. The molecular formula is C20H24ClN3O3S. The zero-order chi connectivity index (χ0) is 20.0. The predicted molar refractivity (Wildman–Crippen MR) is 108 cm³/mol. The van der Waals surface area contributed by atoms with Crippen LogP contribution in [0.1, 0.15) is 37.7 Å². The molecule has 0 spiro atoms. The summed E-state index contributed by atoms with van der Waals surface area (Å²) >= 11 is 5.91. The van der Waals surface area contributed by atoms with Crippen LogP contribution < -0.4 is 5.32 Å². The van der Waals surface area contributed by atoms with E-state index in [0.717, 1.165) is 30.0 Å². The van der Waals surface area contributed by atoms with Crippen LogP contribution in [0.3, 0.4) is 0 Å². The molecule has 0 unspecified atom stereocenters. The molecule has 0 bridgehead atoms. The number of sulfonamides is 1. The lowest BCUT2D eigenvalue weighted by Crippen LogP contribution is -2.44. The molecular weight excluding hydrogens is 398 g/mol. The van der Waals surface area contributed by atoms with Gasteiger partial charge in [0, 0.05) is 24.0 Å². The molecule has 1 fully saturated rings. The number of hydrogen-bond donors (Lipinski definition) is 1. The van der Waals surface area contributed by atoms with Gasteiger partial charge in [0.15, 0.2) is 0 Å². The summed E-state index contributed by atoms with van der Waals surface area (Å²) in [4.78, 5) is 16.7. The average molecular weight is 422 g/mol. The molecule has 1 aromatic heterocycles. The molecule has 1 aliphatic rings. The van der Waals surface area contributed by atoms with Crippen LogP contribution >= 0.6 is 11.6 Å². The van der Waals surface area contributed by atoms with E-state index in [1.54, 1.807) is 24.3 Å². The number of halogens is 1. The quantitative estimate of drug-likeness (QED) is 0.757. The Balaban J connectivity index is 1.80. The van der Waals surface area contributed by atoms with Crippen molar-refractivity contribution < 1.29 is 13.2 Å². The van der Waals surface area contributed by atoms with Crippen molar-refractivity contribution in [1.29, 1.82) is 0 Å². The smallest absolute Gasteiger partial charge is 0.331 e. The summed E-state index contributed by atoms with van der Waals surface area (Å²) in [5.74, 6) is 0.399. The van der Waals surface area contributed by atoms with Gasteiger partial charge in [-0.2, -0.15) is 0 Å². The van der Waals surface area contributed by atoms with Crippen LogP contribution in [-0.4, -0.2) is 30.3 Å². The van der Waals surface area contributed by atoms with Crippen LogP contribution in [0.4, 0.5) is 4.79 Å². The summed E-state index contributed by atoms with van der Waals surface area (Å²) in [6, 6.07) is 9.12. The van der Waals surface area contributed by atoms with Gasteiger partial charge in [-0.3, -0.25) is 4.98 Å². The number of rotatable bonds is 6. The van der Waals surface area contributed by atoms with E-state index < -0.39 is 16.1 Å². The van der Waals surface area contributed by atoms with Crippen molar-refractivity contribution >= 4 is 27.7 Å². The van der Waals surface area contributed by atoms with Gasteiger partial charge < -0.3 is 5.32 Å². The molecule has 1 aromatic carbocycles. The van der Waals surface area contributed by atoms with Crippen molar-refractivity contribution in [2.75, 3.05) is 6.54 Å². The van der Waals surface area contributed by atoms with Crippen molar-refractivity contribution in [2.45, 2.75) is 43.5 Å². The number of nitrogens with one attached hydrogen (secondary N) is 1. The molecule has 28 heavy (non-hydrogen) atoms. The summed E-state index contributed by atoms with van der Waals surface area (Å²) < 4.78 is 27.1. The van der Waals surface area contributed by atoms with Crippen LogP contribution in [0.15, 0.2) is 53.7 Å². The maximum atomic E-state index is 13.1. The highest BCUT2D eigenvalue weighted by Gasteiger charge is 2.30. The number of urea groups is 1. The number of benzene rings is 1. The Hall–Kier alpha value is -2.12. The van der Waals surface area contributed by atoms with Gasteiger partial charge in [0.05, 0.1) is 6.54 Å². The maximum Gasteiger partial charge on any atom is 0.331 e. The normalized spacial score (nSPS) is 15.2. The number of carbonyl (C=O) groups excluding carboxylic acids is 1. The van der Waals surface area contributed by atoms with E-state index in [9.17, 15) is 13.2 Å². The fourth-order valence-corrected chi connectivity index (χ4v) is 4.79. The zero-order valence-corrected chi connectivity index (χ0v) is 17.1. The molecule has 1 heterocycles. The molecule has 3 rings (SSSR count). The number of carbonyl (C=O) groups is 1. The predicted octanol–water partition coefficient (Wildman–Crippen LogP) is 4.22. The molecule has 2 aromatic rings. The third-order valence-electron chi connectivity index (χ3n) is 4.96. The summed E-state index contributed by atoms with van der Waals surface area (Å²) in [5, 5.41) is 3.37. The Bertz CT molecular complexity index is 883. The standard InChI is InChI=1S/C20H24ClN3O3S/c21-18-10-8-17(9-11-18)15-24(28(26,27)19-7-4-12-22-14-19)20(25)23-13-16-5-2-1-3-6-16/h4,7-12,14,16H,1-3,5-6,13,15H2,(H,23,25). The molecule has 0 saturated heterocycles. The second-order valence-electron chi connectivity index (χ2n) is 7.02. The molecule has 1 saturated carbocycles. The van der Waals surface area contributed by atoms with Gasteiger partial charge in [0.1, 0.15) is 4.90 Å². The van der Waals surface area contributed by atoms with Gasteiger partial charge in [-0.1, -0.05) is 43.0 Å². The minimum Gasteiger partial charge on any atom is -0.337 e. The third-order valence-corrected chi connectivity index (χ3v) is 6.92. The van der Waals surface area contributed by atoms with E-state index in [2.05, 4.69) is 10.3 Å². The van der Waals surface area contributed by atoms with Crippen LogP contribution in [0, 0.1) is 5.92 Å². The lowest BCUT2D eigenvalue weighted by molar-refractivity contribution is 0.217. The Morgan fingerprint density at radius 3 is 2.50 bits per heavy atom. The van der Waals surface area contributed by atoms with E-state index in [1.165, 1.54) is 30.9 Å². The first-order valence-electron chi connectivity index (χ1n) is 9.42. The number of amides is 2. The molecule has 0 aliphatic heterocycles. The van der Waals surface area contributed by atoms with Gasteiger partial charge in [0.25, 0.3) is 10.0 Å². The lowest BCUT2D eigenvalue weighted by Gasteiger charge is -2.26. The first-order chi connectivity index (χ1) is 13.5. The third kappa shape index (κ3) is 5.23. The van der Waals surface area contributed by atoms with E-state index in [4.69, 9.17) is 11.6 Å². The number of hydrogen-bond acceptors (Lipinski definition) is 4. The van der Waals surface area contributed by atoms with Gasteiger partial charge in [-0.25, -0.2) is 17.5 Å². The molecule has 0 atom stereocenters. The Morgan fingerprint density at radius 2 is 1.86 bits per heavy atom. The van der Waals surface area contributed by atoms with Gasteiger partial charge in [-0.05, 0) is 48.6 Å². The summed E-state index contributed by atoms with van der Waals surface area (Å²) in [6.07, 6.45) is 8.40. The summed E-state index contributed by atoms with van der Waals surface area (Å²) in [6.45, 7) is 0.406. The lowest BCUT2D eigenvalue weighted by atomic mass is 9.89. The van der Waals surface area contributed by atoms with Crippen molar-refractivity contribution in [1.82, 2.24) is 14.6 Å². The summed E-state index contributed by atoms with van der Waals surface area (Å²) in [5.41, 5.74) is 0.671. The highest BCUT2D eigenvalue weighted by molar-refractivity contribution is 7.89. The molecule has 8 heteroatoms. The molecule has 1 aliphatic carbocycles. The largest absolute Gasteiger partial charge is 0.337 e. The van der Waals surface area contributed by atoms with Gasteiger partial charge in [-0.15, -0.1) is 0 Å². The van der Waals surface area contributed by atoms with Crippen molar-refractivity contribution in [3.8, 4) is 0 Å². The van der Waals surface area contributed by atoms with E-state index in [0.29, 0.717) is 23.0 Å². The fourth-order valence-electron chi connectivity index (χ4n) is 3.36. The molecule has 0 radical (unpaired) electrons.